The van der Waals surface area contributed by atoms with E-state index in [1.807, 2.05) is 6.07 Å². The van der Waals surface area contributed by atoms with Gasteiger partial charge in [0, 0.05) is 5.56 Å². The summed E-state index contributed by atoms with van der Waals surface area (Å²) < 4.78 is 39.6. The number of hydrogen-bond acceptors (Lipinski definition) is 3. The van der Waals surface area contributed by atoms with Crippen molar-refractivity contribution in [3.8, 4) is 17.1 Å². The minimum Gasteiger partial charge on any atom is -0.193 e. The van der Waals surface area contributed by atoms with E-state index in [0.717, 1.165) is 17.7 Å². The summed E-state index contributed by atoms with van der Waals surface area (Å²) in [6.07, 6.45) is -4.41. The first-order valence-corrected chi connectivity index (χ1v) is 6.07. The molecule has 0 N–H and O–H groups in total. The van der Waals surface area contributed by atoms with E-state index in [-0.39, 0.29) is 5.69 Å². The van der Waals surface area contributed by atoms with Crippen LogP contribution in [-0.2, 0) is 6.18 Å². The number of aromatic nitrogens is 4. The Balaban J connectivity index is 2.09. The molecule has 0 atom stereocenters. The third-order valence-corrected chi connectivity index (χ3v) is 2.92. The zero-order valence-corrected chi connectivity index (χ0v) is 10.6. The van der Waals surface area contributed by atoms with Crippen LogP contribution in [0.1, 0.15) is 5.56 Å². The quantitative estimate of drug-likeness (QED) is 0.727. The van der Waals surface area contributed by atoms with Crippen LogP contribution >= 0.6 is 0 Å². The predicted octanol–water partition coefficient (Wildman–Crippen LogP) is 3.35. The summed E-state index contributed by atoms with van der Waals surface area (Å²) in [6, 6.07) is 13.9. The van der Waals surface area contributed by atoms with Crippen molar-refractivity contribution in [2.75, 3.05) is 0 Å². The minimum atomic E-state index is -4.41. The predicted molar refractivity (Wildman–Crippen MR) is 69.6 cm³/mol. The second kappa shape index (κ2) is 5.01. The summed E-state index contributed by atoms with van der Waals surface area (Å²) >= 11 is 0. The van der Waals surface area contributed by atoms with Crippen LogP contribution in [0.25, 0.3) is 17.1 Å². The summed E-state index contributed by atoms with van der Waals surface area (Å²) in [4.78, 5) is 0. The highest BCUT2D eigenvalue weighted by Crippen LogP contribution is 2.30. The highest BCUT2D eigenvalue weighted by Gasteiger charge is 2.30. The van der Waals surface area contributed by atoms with Gasteiger partial charge in [-0.1, -0.05) is 36.4 Å². The topological polar surface area (TPSA) is 43.6 Å². The van der Waals surface area contributed by atoms with E-state index in [1.54, 1.807) is 24.3 Å². The highest BCUT2D eigenvalue weighted by atomic mass is 19.4. The van der Waals surface area contributed by atoms with E-state index in [0.29, 0.717) is 5.82 Å². The van der Waals surface area contributed by atoms with Crippen LogP contribution < -0.4 is 0 Å². The number of nitrogens with zero attached hydrogens (tertiary/aromatic N) is 4. The molecule has 0 aliphatic heterocycles. The molecule has 2 aromatic carbocycles. The second-order valence-electron chi connectivity index (χ2n) is 4.33. The molecule has 0 spiro atoms. The Morgan fingerprint density at radius 2 is 1.67 bits per heavy atom. The van der Waals surface area contributed by atoms with Gasteiger partial charge >= 0.3 is 6.18 Å². The van der Waals surface area contributed by atoms with E-state index < -0.39 is 11.7 Å². The third-order valence-electron chi connectivity index (χ3n) is 2.92. The van der Waals surface area contributed by atoms with Gasteiger partial charge < -0.3 is 0 Å². The fraction of sp³-hybridized carbons (Fsp3) is 0.0714. The molecule has 0 saturated carbocycles. The largest absolute Gasteiger partial charge is 0.416 e. The van der Waals surface area contributed by atoms with Crippen LogP contribution in [0.5, 0.6) is 0 Å². The SMILES string of the molecule is FC(F)(F)c1cccc(-n2nnnc2-c2ccccc2)c1. The monoisotopic (exact) mass is 290 g/mol. The van der Waals surface area contributed by atoms with Crippen molar-refractivity contribution < 1.29 is 13.2 Å². The van der Waals surface area contributed by atoms with Crippen molar-refractivity contribution >= 4 is 0 Å². The molecule has 3 rings (SSSR count). The number of alkyl halides is 3. The van der Waals surface area contributed by atoms with E-state index in [4.69, 9.17) is 0 Å². The molecule has 0 saturated heterocycles. The molecule has 0 bridgehead atoms. The molecule has 4 nitrogen and oxygen atoms in total. The van der Waals surface area contributed by atoms with Crippen LogP contribution in [0.15, 0.2) is 54.6 Å². The maximum atomic E-state index is 12.8. The fourth-order valence-corrected chi connectivity index (χ4v) is 1.94. The number of halogens is 3. The second-order valence-corrected chi connectivity index (χ2v) is 4.33. The summed E-state index contributed by atoms with van der Waals surface area (Å²) in [7, 11) is 0. The normalized spacial score (nSPS) is 11.6. The maximum Gasteiger partial charge on any atom is 0.416 e. The van der Waals surface area contributed by atoms with Crippen LogP contribution in [0.2, 0.25) is 0 Å². The molecule has 21 heavy (non-hydrogen) atoms. The minimum absolute atomic E-state index is 0.258. The van der Waals surface area contributed by atoms with Gasteiger partial charge in [0.2, 0.25) is 0 Å². The van der Waals surface area contributed by atoms with Crippen LogP contribution in [-0.4, -0.2) is 20.2 Å². The number of tetrazole rings is 1. The zero-order valence-electron chi connectivity index (χ0n) is 10.6. The molecular weight excluding hydrogens is 281 g/mol. The van der Waals surface area contributed by atoms with Crippen molar-refractivity contribution in [2.45, 2.75) is 6.18 Å². The fourth-order valence-electron chi connectivity index (χ4n) is 1.94. The van der Waals surface area contributed by atoms with Gasteiger partial charge in [0.05, 0.1) is 11.3 Å². The first-order chi connectivity index (χ1) is 10.1. The Labute approximate surface area is 117 Å². The molecule has 0 fully saturated rings. The number of hydrogen-bond donors (Lipinski definition) is 0. The smallest absolute Gasteiger partial charge is 0.193 e. The number of benzene rings is 2. The van der Waals surface area contributed by atoms with Gasteiger partial charge in [0.15, 0.2) is 5.82 Å². The lowest BCUT2D eigenvalue weighted by atomic mass is 10.2. The van der Waals surface area contributed by atoms with E-state index in [9.17, 15) is 13.2 Å². The molecule has 0 amide bonds. The molecule has 7 heteroatoms. The van der Waals surface area contributed by atoms with E-state index >= 15 is 0 Å². The molecule has 0 unspecified atom stereocenters. The van der Waals surface area contributed by atoms with Crippen LogP contribution in [0.3, 0.4) is 0 Å². The lowest BCUT2D eigenvalue weighted by Gasteiger charge is -2.09. The Morgan fingerprint density at radius 3 is 2.38 bits per heavy atom. The summed E-state index contributed by atoms with van der Waals surface area (Å²) in [5.74, 6) is 0.384. The molecule has 1 heterocycles. The van der Waals surface area contributed by atoms with E-state index in [1.165, 1.54) is 16.8 Å². The Hall–Kier alpha value is -2.70. The van der Waals surface area contributed by atoms with E-state index in [2.05, 4.69) is 15.5 Å². The van der Waals surface area contributed by atoms with Gasteiger partial charge in [0.1, 0.15) is 0 Å². The maximum absolute atomic E-state index is 12.8. The first-order valence-electron chi connectivity index (χ1n) is 6.07. The lowest BCUT2D eigenvalue weighted by Crippen LogP contribution is -2.07. The molecule has 106 valence electrons. The van der Waals surface area contributed by atoms with Crippen molar-refractivity contribution in [2.24, 2.45) is 0 Å². The first kappa shape index (κ1) is 13.3. The molecule has 0 aliphatic rings. The summed E-state index contributed by atoms with van der Waals surface area (Å²) in [5, 5.41) is 11.2. The van der Waals surface area contributed by atoms with Crippen LogP contribution in [0, 0.1) is 0 Å². The highest BCUT2D eigenvalue weighted by molar-refractivity contribution is 5.57. The van der Waals surface area contributed by atoms with Crippen molar-refractivity contribution in [3.05, 3.63) is 60.2 Å². The Kier molecular flexibility index (Phi) is 3.17. The van der Waals surface area contributed by atoms with Crippen LogP contribution in [0.4, 0.5) is 13.2 Å². The van der Waals surface area contributed by atoms with Crippen molar-refractivity contribution in [3.63, 3.8) is 0 Å². The van der Waals surface area contributed by atoms with Gasteiger partial charge in [-0.3, -0.25) is 0 Å². The van der Waals surface area contributed by atoms with Gasteiger partial charge in [-0.05, 0) is 28.6 Å². The molecular formula is C14H9F3N4. The summed E-state index contributed by atoms with van der Waals surface area (Å²) in [5.41, 5.74) is 0.239. The Morgan fingerprint density at radius 1 is 0.905 bits per heavy atom. The van der Waals surface area contributed by atoms with Gasteiger partial charge in [-0.2, -0.15) is 17.9 Å². The standard InChI is InChI=1S/C14H9F3N4/c15-14(16,17)11-7-4-8-12(9-11)21-13(18-19-20-21)10-5-2-1-3-6-10/h1-9H. The molecule has 1 aromatic heterocycles. The number of rotatable bonds is 2. The molecule has 3 aromatic rings. The Bertz CT molecular complexity index is 750. The average molecular weight is 290 g/mol. The third kappa shape index (κ3) is 2.62. The van der Waals surface area contributed by atoms with Crippen molar-refractivity contribution in [1.29, 1.82) is 0 Å². The van der Waals surface area contributed by atoms with Crippen molar-refractivity contribution in [1.82, 2.24) is 20.2 Å². The summed E-state index contributed by atoms with van der Waals surface area (Å²) in [6.45, 7) is 0. The average Bonchev–Trinajstić information content (AvgIpc) is 2.97. The van der Waals surface area contributed by atoms with Gasteiger partial charge in [0.25, 0.3) is 0 Å². The zero-order chi connectivity index (χ0) is 14.9. The van der Waals surface area contributed by atoms with Gasteiger partial charge in [-0.25, -0.2) is 0 Å². The lowest BCUT2D eigenvalue weighted by molar-refractivity contribution is -0.137. The molecule has 0 aliphatic carbocycles. The van der Waals surface area contributed by atoms with Gasteiger partial charge in [-0.15, -0.1) is 5.10 Å². The molecule has 0 radical (unpaired) electrons.